The first kappa shape index (κ1) is 36.9. The highest BCUT2D eigenvalue weighted by atomic mass is 32.3. The highest BCUT2D eigenvalue weighted by Gasteiger charge is 2.65. The third-order valence-corrected chi connectivity index (χ3v) is 13.5. The molecule has 0 aliphatic heterocycles. The van der Waals surface area contributed by atoms with Gasteiger partial charge >= 0.3 is 31.2 Å². The van der Waals surface area contributed by atoms with Gasteiger partial charge in [-0.05, 0) is 110 Å². The van der Waals surface area contributed by atoms with Crippen LogP contribution in [0.25, 0.3) is 0 Å². The Hall–Kier alpha value is -0.910. The molecule has 0 spiro atoms. The van der Waals surface area contributed by atoms with E-state index in [0.717, 1.165) is 31.3 Å². The molecule has 0 saturated heterocycles. The average Bonchev–Trinajstić information content (AvgIpc) is 3.19. The van der Waals surface area contributed by atoms with E-state index in [9.17, 15) is 38.9 Å². The van der Waals surface area contributed by atoms with Crippen molar-refractivity contribution in [1.82, 2.24) is 0 Å². The fraction of sp³-hybridized carbons (Fsp3) is 0.867. The van der Waals surface area contributed by atoms with Gasteiger partial charge in [0, 0.05) is 0 Å². The number of hydrogen-bond acceptors (Lipinski definition) is 9. The smallest absolute Gasteiger partial charge is 0.264 e. The highest BCUT2D eigenvalue weighted by Crippen LogP contribution is 2.69. The van der Waals surface area contributed by atoms with Gasteiger partial charge in [0.15, 0.2) is 0 Å². The van der Waals surface area contributed by atoms with E-state index in [1.165, 1.54) is 0 Å². The summed E-state index contributed by atoms with van der Waals surface area (Å²) in [5, 5.41) is 0. The molecule has 4 aliphatic carbocycles. The van der Waals surface area contributed by atoms with Crippen molar-refractivity contribution in [2.75, 3.05) is 0 Å². The predicted octanol–water partition coefficient (Wildman–Crippen LogP) is 5.47. The lowest BCUT2D eigenvalue weighted by Gasteiger charge is -2.63. The molecule has 4 saturated carbocycles. The topological polar surface area (TPSA) is 191 Å². The highest BCUT2D eigenvalue weighted by molar-refractivity contribution is 7.81. The largest absolute Gasteiger partial charge is 0.397 e. The number of rotatable bonds is 11. The lowest BCUT2D eigenvalue weighted by molar-refractivity contribution is -0.183. The first-order valence-corrected chi connectivity index (χ1v) is 19.9. The molecule has 4 fully saturated rings. The Kier molecular flexibility index (Phi) is 10.5. The van der Waals surface area contributed by atoms with E-state index in [1.807, 2.05) is 13.8 Å². The summed E-state index contributed by atoms with van der Waals surface area (Å²) in [5.74, 6) is 0.772. The average molecular weight is 699 g/mol. The fourth-order valence-corrected chi connectivity index (χ4v) is 11.9. The summed E-state index contributed by atoms with van der Waals surface area (Å²) in [6.45, 7) is 17.0. The normalized spacial score (nSPS) is 40.5. The summed E-state index contributed by atoms with van der Waals surface area (Å²) < 4.78 is 115. The van der Waals surface area contributed by atoms with E-state index in [1.54, 1.807) is 0 Å². The first-order chi connectivity index (χ1) is 20.4. The molecule has 9 unspecified atom stereocenters. The summed E-state index contributed by atoms with van der Waals surface area (Å²) >= 11 is 0. The van der Waals surface area contributed by atoms with Gasteiger partial charge in [-0.25, -0.2) is 12.5 Å². The van der Waals surface area contributed by atoms with Gasteiger partial charge in [-0.1, -0.05) is 58.9 Å². The van der Waals surface area contributed by atoms with Crippen LogP contribution >= 0.6 is 0 Å². The summed E-state index contributed by atoms with van der Waals surface area (Å²) in [7, 11) is -15.0. The van der Waals surface area contributed by atoms with Gasteiger partial charge in [0.1, 0.15) is 12.2 Å². The van der Waals surface area contributed by atoms with Gasteiger partial charge in [-0.3, -0.25) is 13.7 Å². The second-order valence-electron chi connectivity index (χ2n) is 14.9. The van der Waals surface area contributed by atoms with Crippen LogP contribution in [0.2, 0.25) is 0 Å². The van der Waals surface area contributed by atoms with Crippen molar-refractivity contribution in [3.8, 4) is 0 Å². The van der Waals surface area contributed by atoms with Gasteiger partial charge in [0.05, 0.1) is 6.10 Å². The molecule has 0 aromatic carbocycles. The van der Waals surface area contributed by atoms with Crippen molar-refractivity contribution in [2.45, 2.75) is 105 Å². The van der Waals surface area contributed by atoms with Crippen LogP contribution in [0.5, 0.6) is 0 Å². The summed E-state index contributed by atoms with van der Waals surface area (Å²) in [5.41, 5.74) is 0.208. The van der Waals surface area contributed by atoms with Gasteiger partial charge < -0.3 is 0 Å². The quantitative estimate of drug-likeness (QED) is 0.182. The minimum atomic E-state index is -5.08. The zero-order valence-corrected chi connectivity index (χ0v) is 29.4. The third kappa shape index (κ3) is 8.05. The van der Waals surface area contributed by atoms with Crippen LogP contribution in [0.1, 0.15) is 86.5 Å². The van der Waals surface area contributed by atoms with Gasteiger partial charge in [-0.15, -0.1) is 0 Å². The Balaban J connectivity index is 1.69. The van der Waals surface area contributed by atoms with Crippen molar-refractivity contribution < 1.29 is 51.5 Å². The lowest BCUT2D eigenvalue weighted by atomic mass is 9.43. The molecule has 260 valence electrons. The molecular weight excluding hydrogens is 649 g/mol. The van der Waals surface area contributed by atoms with Crippen molar-refractivity contribution in [3.63, 3.8) is 0 Å². The molecule has 12 nitrogen and oxygen atoms in total. The molecule has 0 aromatic heterocycles. The third-order valence-electron chi connectivity index (χ3n) is 12.0. The maximum atomic E-state index is 12.1. The maximum Gasteiger partial charge on any atom is 0.397 e. The molecular formula is C30H50O12S3. The summed E-state index contributed by atoms with van der Waals surface area (Å²) in [4.78, 5) is 0. The molecule has 0 aromatic rings. The van der Waals surface area contributed by atoms with Gasteiger partial charge in [0.25, 0.3) is 0 Å². The van der Waals surface area contributed by atoms with E-state index in [2.05, 4.69) is 46.4 Å². The van der Waals surface area contributed by atoms with Crippen LogP contribution in [0.4, 0.5) is 0 Å². The van der Waals surface area contributed by atoms with Crippen LogP contribution in [0, 0.1) is 58.2 Å². The van der Waals surface area contributed by atoms with Crippen LogP contribution < -0.4 is 0 Å². The SMILES string of the molecule is C=C(C)C(/C=C\C(C)[C@H]1CCC2C3CC(OS(=O)(=O)O)C4CC(OS(=O)(=O)O)C(OS(=O)(=O)O)C[C@]4(C)C3CC[C@@]21C)C(C)C. The Labute approximate surface area is 269 Å². The van der Waals surface area contributed by atoms with E-state index >= 15 is 0 Å². The van der Waals surface area contributed by atoms with Crippen LogP contribution in [0.15, 0.2) is 24.3 Å². The number of allylic oxidation sites excluding steroid dienone is 3. The van der Waals surface area contributed by atoms with Crippen molar-refractivity contribution in [2.24, 2.45) is 58.2 Å². The van der Waals surface area contributed by atoms with Crippen LogP contribution in [-0.4, -0.2) is 57.2 Å². The predicted molar refractivity (Wildman–Crippen MR) is 167 cm³/mol. The van der Waals surface area contributed by atoms with Crippen LogP contribution in [-0.2, 0) is 43.7 Å². The Bertz CT molecular complexity index is 1470. The number of hydrogen-bond donors (Lipinski definition) is 3. The first-order valence-electron chi connectivity index (χ1n) is 15.8. The summed E-state index contributed by atoms with van der Waals surface area (Å²) in [6.07, 6.45) is 3.91. The lowest BCUT2D eigenvalue weighted by Crippen LogP contribution is -2.62. The molecule has 45 heavy (non-hydrogen) atoms. The van der Waals surface area contributed by atoms with E-state index in [0.29, 0.717) is 11.8 Å². The molecule has 4 aliphatic rings. The van der Waals surface area contributed by atoms with Crippen molar-refractivity contribution in [1.29, 1.82) is 0 Å². The van der Waals surface area contributed by atoms with Gasteiger partial charge in [-0.2, -0.15) is 25.3 Å². The maximum absolute atomic E-state index is 12.1. The monoisotopic (exact) mass is 698 g/mol. The molecule has 15 heteroatoms. The minimum absolute atomic E-state index is 0.0396. The second kappa shape index (κ2) is 12.8. The Morgan fingerprint density at radius 3 is 1.82 bits per heavy atom. The van der Waals surface area contributed by atoms with E-state index < -0.39 is 60.8 Å². The fourth-order valence-electron chi connectivity index (χ4n) is 10.3. The minimum Gasteiger partial charge on any atom is -0.264 e. The Morgan fingerprint density at radius 1 is 0.756 bits per heavy atom. The van der Waals surface area contributed by atoms with Gasteiger partial charge in [0.2, 0.25) is 0 Å². The zero-order valence-electron chi connectivity index (χ0n) is 26.9. The molecule has 12 atom stereocenters. The van der Waals surface area contributed by atoms with Crippen molar-refractivity contribution >= 4 is 31.2 Å². The van der Waals surface area contributed by atoms with Crippen molar-refractivity contribution in [3.05, 3.63) is 24.3 Å². The zero-order chi connectivity index (χ0) is 33.9. The van der Waals surface area contributed by atoms with Crippen LogP contribution in [0.3, 0.4) is 0 Å². The molecule has 0 radical (unpaired) electrons. The van der Waals surface area contributed by atoms with E-state index in [4.69, 9.17) is 12.5 Å². The number of fused-ring (bicyclic) bond motifs is 5. The standard InChI is InChI=1S/C30H50O12S3/c1-17(2)20(18(3)4)9-8-19(5)22-10-11-23-21-14-26(40-43(31,32)33)25-15-27(41-44(34,35)36)28(42-45(37,38)39)16-30(25,7)24(21)12-13-29(22,23)6/h8-9,18-28H,1,10-16H2,2-7H3,(H,31,32,33)(H,34,35,36)(H,37,38,39)/b9-8-/t19?,20?,21?,22-,23?,24?,25?,26?,27?,28?,29-,30-/m1/s1. The molecule has 3 N–H and O–H groups in total. The molecule has 0 heterocycles. The Morgan fingerprint density at radius 2 is 1.29 bits per heavy atom. The molecule has 0 amide bonds. The molecule has 4 rings (SSSR count). The molecule has 0 bridgehead atoms. The second-order valence-corrected chi connectivity index (χ2v) is 18.1. The summed E-state index contributed by atoms with van der Waals surface area (Å²) in [6, 6.07) is 0. The van der Waals surface area contributed by atoms with E-state index in [-0.39, 0.29) is 54.3 Å².